The number of benzene rings is 2. The molecule has 7 nitrogen and oxygen atoms in total. The summed E-state index contributed by atoms with van der Waals surface area (Å²) in [5.74, 6) is -0.351. The second kappa shape index (κ2) is 8.28. The Hall–Kier alpha value is -2.64. The van der Waals surface area contributed by atoms with E-state index < -0.39 is 17.0 Å². The van der Waals surface area contributed by atoms with E-state index in [1.165, 1.54) is 24.3 Å². The van der Waals surface area contributed by atoms with Crippen LogP contribution in [0.2, 0.25) is 0 Å². The summed E-state index contributed by atoms with van der Waals surface area (Å²) < 4.78 is 5.22. The van der Waals surface area contributed by atoms with Gasteiger partial charge in [-0.1, -0.05) is 12.1 Å². The summed E-state index contributed by atoms with van der Waals surface area (Å²) in [6.07, 6.45) is -0.745. The third kappa shape index (κ3) is 4.68. The number of nitro groups is 1. The molecule has 8 heteroatoms. The molecule has 2 aromatic carbocycles. The largest absolute Gasteiger partial charge is 0.423 e. The summed E-state index contributed by atoms with van der Waals surface area (Å²) in [6, 6.07) is 11.9. The molecule has 0 aliphatic rings. The highest BCUT2D eigenvalue weighted by Crippen LogP contribution is 2.21. The van der Waals surface area contributed by atoms with Gasteiger partial charge in [0.25, 0.3) is 5.69 Å². The van der Waals surface area contributed by atoms with Crippen molar-refractivity contribution in [3.63, 3.8) is 0 Å². The van der Waals surface area contributed by atoms with Crippen LogP contribution in [0.1, 0.15) is 10.4 Å². The molecule has 0 spiro atoms. The van der Waals surface area contributed by atoms with Crippen molar-refractivity contribution in [1.82, 2.24) is 0 Å². The molecule has 1 atom stereocenters. The normalized spacial score (nSPS) is 11.6. The molecule has 0 radical (unpaired) electrons. The molecule has 24 heavy (non-hydrogen) atoms. The molecule has 0 bridgehead atoms. The first-order valence-electron chi connectivity index (χ1n) is 7.05. The molecule has 0 fully saturated rings. The lowest BCUT2D eigenvalue weighted by Gasteiger charge is -2.13. The number of rotatable bonds is 7. The molecule has 0 aromatic heterocycles. The number of non-ortho nitro benzene ring substituents is 1. The Morgan fingerprint density at radius 3 is 2.54 bits per heavy atom. The van der Waals surface area contributed by atoms with Gasteiger partial charge in [0.15, 0.2) is 0 Å². The van der Waals surface area contributed by atoms with Crippen molar-refractivity contribution in [2.75, 3.05) is 17.7 Å². The number of aliphatic hydroxyl groups is 1. The number of esters is 1. The number of nitrogens with one attached hydrogen (secondary N) is 1. The highest BCUT2D eigenvalue weighted by molar-refractivity contribution is 6.18. The fraction of sp³-hybridized carbons (Fsp3) is 0.188. The van der Waals surface area contributed by atoms with E-state index in [4.69, 9.17) is 16.3 Å². The number of ether oxygens (including phenoxy) is 1. The molecule has 0 saturated heterocycles. The first kappa shape index (κ1) is 17.7. The van der Waals surface area contributed by atoms with Crippen LogP contribution in [0.3, 0.4) is 0 Å². The summed E-state index contributed by atoms with van der Waals surface area (Å²) in [6.45, 7) is 0.186. The van der Waals surface area contributed by atoms with Gasteiger partial charge in [-0.05, 0) is 24.3 Å². The zero-order chi connectivity index (χ0) is 17.5. The number of carbonyl (C=O) groups excluding carboxylic acids is 1. The zero-order valence-electron chi connectivity index (χ0n) is 12.5. The van der Waals surface area contributed by atoms with Crippen LogP contribution in [0.15, 0.2) is 48.5 Å². The monoisotopic (exact) mass is 350 g/mol. The Labute approximate surface area is 143 Å². The van der Waals surface area contributed by atoms with Crippen molar-refractivity contribution in [2.24, 2.45) is 0 Å². The lowest BCUT2D eigenvalue weighted by atomic mass is 10.1. The summed E-state index contributed by atoms with van der Waals surface area (Å²) in [5, 5.41) is 23.0. The van der Waals surface area contributed by atoms with Crippen molar-refractivity contribution >= 4 is 28.9 Å². The molecule has 2 aromatic rings. The number of hydrogen-bond donors (Lipinski definition) is 2. The van der Waals surface area contributed by atoms with Crippen LogP contribution in [0.5, 0.6) is 5.75 Å². The van der Waals surface area contributed by atoms with Crippen LogP contribution in [-0.4, -0.2) is 34.5 Å². The van der Waals surface area contributed by atoms with Gasteiger partial charge >= 0.3 is 5.97 Å². The lowest BCUT2D eigenvalue weighted by molar-refractivity contribution is -0.384. The van der Waals surface area contributed by atoms with E-state index in [1.807, 2.05) is 0 Å². The standard InChI is InChI=1S/C16H15ClN2O5/c17-9-12(20)10-18-15-4-2-1-3-14(15)16(21)24-13-7-5-11(6-8-13)19(22)23/h1-8,12,18,20H,9-10H2. The predicted molar refractivity (Wildman–Crippen MR) is 89.7 cm³/mol. The number of nitrogens with zero attached hydrogens (tertiary/aromatic N) is 1. The minimum Gasteiger partial charge on any atom is -0.423 e. The second-order valence-corrected chi connectivity index (χ2v) is 5.18. The molecular weight excluding hydrogens is 336 g/mol. The number of para-hydroxylation sites is 1. The summed E-state index contributed by atoms with van der Waals surface area (Å²) in [7, 11) is 0. The number of nitro benzene ring substituents is 1. The highest BCUT2D eigenvalue weighted by Gasteiger charge is 2.15. The van der Waals surface area contributed by atoms with E-state index in [0.29, 0.717) is 5.69 Å². The van der Waals surface area contributed by atoms with Gasteiger partial charge in [-0.2, -0.15) is 0 Å². The van der Waals surface area contributed by atoms with E-state index >= 15 is 0 Å². The molecule has 0 aliphatic carbocycles. The quantitative estimate of drug-likeness (QED) is 0.262. The molecule has 2 rings (SSSR count). The maximum atomic E-state index is 12.3. The van der Waals surface area contributed by atoms with E-state index in [-0.39, 0.29) is 29.4 Å². The van der Waals surface area contributed by atoms with Crippen LogP contribution in [-0.2, 0) is 0 Å². The van der Waals surface area contributed by atoms with Gasteiger partial charge in [-0.15, -0.1) is 11.6 Å². The Kier molecular flexibility index (Phi) is 6.11. The lowest BCUT2D eigenvalue weighted by Crippen LogP contribution is -2.22. The van der Waals surface area contributed by atoms with E-state index in [1.54, 1.807) is 24.3 Å². The van der Waals surface area contributed by atoms with Gasteiger partial charge in [0.05, 0.1) is 22.5 Å². The first-order chi connectivity index (χ1) is 11.5. The molecule has 0 heterocycles. The maximum Gasteiger partial charge on any atom is 0.345 e. The molecule has 0 aliphatic heterocycles. The van der Waals surface area contributed by atoms with Crippen LogP contribution in [0, 0.1) is 10.1 Å². The van der Waals surface area contributed by atoms with Crippen molar-refractivity contribution in [2.45, 2.75) is 6.10 Å². The fourth-order valence-corrected chi connectivity index (χ4v) is 2.00. The average molecular weight is 351 g/mol. The van der Waals surface area contributed by atoms with Gasteiger partial charge in [0, 0.05) is 24.4 Å². The molecular formula is C16H15ClN2O5. The van der Waals surface area contributed by atoms with Crippen molar-refractivity contribution < 1.29 is 19.6 Å². The Morgan fingerprint density at radius 2 is 1.92 bits per heavy atom. The Balaban J connectivity index is 2.10. The van der Waals surface area contributed by atoms with Gasteiger partial charge in [0.1, 0.15) is 5.75 Å². The van der Waals surface area contributed by atoms with Gasteiger partial charge in [-0.3, -0.25) is 10.1 Å². The predicted octanol–water partition coefficient (Wildman–Crippen LogP) is 2.83. The van der Waals surface area contributed by atoms with Crippen LogP contribution >= 0.6 is 11.6 Å². The number of anilines is 1. The van der Waals surface area contributed by atoms with E-state index in [9.17, 15) is 20.0 Å². The number of halogens is 1. The molecule has 0 saturated carbocycles. The summed E-state index contributed by atoms with van der Waals surface area (Å²) >= 11 is 5.53. The summed E-state index contributed by atoms with van der Waals surface area (Å²) in [4.78, 5) is 22.4. The second-order valence-electron chi connectivity index (χ2n) is 4.88. The first-order valence-corrected chi connectivity index (χ1v) is 7.58. The smallest absolute Gasteiger partial charge is 0.345 e. The van der Waals surface area contributed by atoms with Gasteiger partial charge < -0.3 is 15.2 Å². The van der Waals surface area contributed by atoms with Crippen molar-refractivity contribution in [3.8, 4) is 5.75 Å². The zero-order valence-corrected chi connectivity index (χ0v) is 13.3. The SMILES string of the molecule is O=C(Oc1ccc([N+](=O)[O-])cc1)c1ccccc1NCC(O)CCl. The van der Waals surface area contributed by atoms with Gasteiger partial charge in [-0.25, -0.2) is 4.79 Å². The van der Waals surface area contributed by atoms with Gasteiger partial charge in [0.2, 0.25) is 0 Å². The topological polar surface area (TPSA) is 102 Å². The van der Waals surface area contributed by atoms with Crippen LogP contribution in [0.25, 0.3) is 0 Å². The highest BCUT2D eigenvalue weighted by atomic mass is 35.5. The maximum absolute atomic E-state index is 12.3. The Morgan fingerprint density at radius 1 is 1.25 bits per heavy atom. The van der Waals surface area contributed by atoms with Crippen molar-refractivity contribution in [1.29, 1.82) is 0 Å². The summed E-state index contributed by atoms with van der Waals surface area (Å²) in [5.41, 5.74) is 0.679. The van der Waals surface area contributed by atoms with Crippen LogP contribution < -0.4 is 10.1 Å². The van der Waals surface area contributed by atoms with E-state index in [0.717, 1.165) is 0 Å². The third-order valence-electron chi connectivity index (χ3n) is 3.11. The minimum atomic E-state index is -0.745. The minimum absolute atomic E-state index is 0.0718. The molecule has 126 valence electrons. The Bertz CT molecular complexity index is 721. The molecule has 1 unspecified atom stereocenters. The number of hydrogen-bond acceptors (Lipinski definition) is 6. The van der Waals surface area contributed by atoms with E-state index in [2.05, 4.69) is 5.32 Å². The third-order valence-corrected chi connectivity index (χ3v) is 3.47. The number of alkyl halides is 1. The molecule has 2 N–H and O–H groups in total. The number of carbonyl (C=O) groups is 1. The number of aliphatic hydroxyl groups excluding tert-OH is 1. The van der Waals surface area contributed by atoms with Crippen LogP contribution in [0.4, 0.5) is 11.4 Å². The molecule has 0 amide bonds. The van der Waals surface area contributed by atoms with Crippen molar-refractivity contribution in [3.05, 3.63) is 64.2 Å². The fourth-order valence-electron chi connectivity index (χ4n) is 1.90. The average Bonchev–Trinajstić information content (AvgIpc) is 2.60.